The van der Waals surface area contributed by atoms with Gasteiger partial charge in [-0.05, 0) is 42.5 Å². The molecular formula is C19H15ClFN3O. The topological polar surface area (TPSA) is 45.2 Å². The number of rotatable bonds is 4. The number of para-hydroxylation sites is 1. The van der Waals surface area contributed by atoms with Crippen LogP contribution >= 0.6 is 11.6 Å². The Hall–Kier alpha value is -2.92. The van der Waals surface area contributed by atoms with Crippen molar-refractivity contribution in [2.75, 3.05) is 17.3 Å². The molecule has 0 atom stereocenters. The third-order valence-electron chi connectivity index (χ3n) is 3.65. The van der Waals surface area contributed by atoms with E-state index >= 15 is 0 Å². The van der Waals surface area contributed by atoms with Crippen molar-refractivity contribution in [3.8, 4) is 0 Å². The van der Waals surface area contributed by atoms with Crippen LogP contribution in [-0.4, -0.2) is 17.9 Å². The average Bonchev–Trinajstić information content (AvgIpc) is 2.65. The van der Waals surface area contributed by atoms with Gasteiger partial charge in [-0.3, -0.25) is 4.79 Å². The van der Waals surface area contributed by atoms with Crippen molar-refractivity contribution in [1.82, 2.24) is 4.98 Å². The monoisotopic (exact) mass is 355 g/mol. The molecule has 0 aliphatic heterocycles. The first-order valence-corrected chi connectivity index (χ1v) is 7.93. The predicted octanol–water partition coefficient (Wildman–Crippen LogP) is 4.89. The maximum absolute atomic E-state index is 13.2. The van der Waals surface area contributed by atoms with Crippen molar-refractivity contribution in [2.45, 2.75) is 0 Å². The summed E-state index contributed by atoms with van der Waals surface area (Å²) in [6.45, 7) is 0. The molecule has 1 N–H and O–H groups in total. The summed E-state index contributed by atoms with van der Waals surface area (Å²) < 4.78 is 13.2. The van der Waals surface area contributed by atoms with Crippen LogP contribution in [-0.2, 0) is 0 Å². The molecule has 1 heterocycles. The number of nitrogens with zero attached hydrogens (tertiary/aromatic N) is 2. The summed E-state index contributed by atoms with van der Waals surface area (Å²) in [6.07, 6.45) is 1.50. The van der Waals surface area contributed by atoms with Gasteiger partial charge in [-0.25, -0.2) is 9.37 Å². The lowest BCUT2D eigenvalue weighted by Crippen LogP contribution is -2.26. The standard InChI is InChI=1S/C19H15ClFN3O/c1-24(15-5-3-2-4-6-15)19(25)13-7-10-18(22-12-13)23-14-8-9-17(21)16(20)11-14/h2-12H,1H3,(H,22,23). The van der Waals surface area contributed by atoms with E-state index < -0.39 is 5.82 Å². The Labute approximate surface area is 149 Å². The lowest BCUT2D eigenvalue weighted by atomic mass is 10.2. The molecule has 0 aliphatic carbocycles. The SMILES string of the molecule is CN(C(=O)c1ccc(Nc2ccc(F)c(Cl)c2)nc1)c1ccccc1. The molecule has 1 amide bonds. The van der Waals surface area contributed by atoms with Crippen molar-refractivity contribution in [1.29, 1.82) is 0 Å². The van der Waals surface area contributed by atoms with E-state index in [-0.39, 0.29) is 10.9 Å². The number of halogens is 2. The van der Waals surface area contributed by atoms with Gasteiger partial charge in [0.15, 0.2) is 0 Å². The van der Waals surface area contributed by atoms with Gasteiger partial charge >= 0.3 is 0 Å². The molecule has 0 bridgehead atoms. The van der Waals surface area contributed by atoms with Gasteiger partial charge < -0.3 is 10.2 Å². The highest BCUT2D eigenvalue weighted by Crippen LogP contribution is 2.22. The van der Waals surface area contributed by atoms with Crippen LogP contribution in [0.4, 0.5) is 21.6 Å². The van der Waals surface area contributed by atoms with E-state index in [9.17, 15) is 9.18 Å². The molecule has 3 aromatic rings. The Balaban J connectivity index is 1.73. The fourth-order valence-corrected chi connectivity index (χ4v) is 2.46. The van der Waals surface area contributed by atoms with E-state index in [2.05, 4.69) is 10.3 Å². The van der Waals surface area contributed by atoms with E-state index in [1.165, 1.54) is 18.3 Å². The van der Waals surface area contributed by atoms with Crippen molar-refractivity contribution in [3.05, 3.63) is 83.3 Å². The van der Waals surface area contributed by atoms with Crippen molar-refractivity contribution in [3.63, 3.8) is 0 Å². The third kappa shape index (κ3) is 3.95. The number of benzene rings is 2. The number of carbonyl (C=O) groups is 1. The summed E-state index contributed by atoms with van der Waals surface area (Å²) in [6, 6.07) is 17.0. The summed E-state index contributed by atoms with van der Waals surface area (Å²) in [4.78, 5) is 18.3. The van der Waals surface area contributed by atoms with Gasteiger partial charge in [-0.2, -0.15) is 0 Å². The molecule has 0 radical (unpaired) electrons. The zero-order chi connectivity index (χ0) is 17.8. The molecule has 25 heavy (non-hydrogen) atoms. The third-order valence-corrected chi connectivity index (χ3v) is 3.94. The minimum atomic E-state index is -0.481. The van der Waals surface area contributed by atoms with Crippen LogP contribution in [0.2, 0.25) is 5.02 Å². The largest absolute Gasteiger partial charge is 0.340 e. The van der Waals surface area contributed by atoms with Crippen LogP contribution in [0, 0.1) is 5.82 Å². The predicted molar refractivity (Wildman–Crippen MR) is 98.1 cm³/mol. The summed E-state index contributed by atoms with van der Waals surface area (Å²) in [5, 5.41) is 3.04. The lowest BCUT2D eigenvalue weighted by molar-refractivity contribution is 0.0992. The van der Waals surface area contributed by atoms with E-state index in [1.54, 1.807) is 30.1 Å². The number of nitrogens with one attached hydrogen (secondary N) is 1. The number of hydrogen-bond donors (Lipinski definition) is 1. The number of pyridine rings is 1. The Morgan fingerprint density at radius 2 is 1.88 bits per heavy atom. The fourth-order valence-electron chi connectivity index (χ4n) is 2.28. The molecule has 0 saturated heterocycles. The van der Waals surface area contributed by atoms with Crippen molar-refractivity contribution in [2.24, 2.45) is 0 Å². The molecule has 4 nitrogen and oxygen atoms in total. The molecule has 0 saturated carbocycles. The van der Waals surface area contributed by atoms with Gasteiger partial charge in [0.05, 0.1) is 10.6 Å². The Kier molecular flexibility index (Phi) is 4.95. The highest BCUT2D eigenvalue weighted by molar-refractivity contribution is 6.31. The molecule has 3 rings (SSSR count). The average molecular weight is 356 g/mol. The fraction of sp³-hybridized carbons (Fsp3) is 0.0526. The number of hydrogen-bond acceptors (Lipinski definition) is 3. The minimum Gasteiger partial charge on any atom is -0.340 e. The molecule has 0 unspecified atom stereocenters. The second-order valence-electron chi connectivity index (χ2n) is 5.39. The molecular weight excluding hydrogens is 341 g/mol. The molecule has 1 aromatic heterocycles. The number of amides is 1. The minimum absolute atomic E-state index is 0.0290. The summed E-state index contributed by atoms with van der Waals surface area (Å²) in [5.74, 6) is -0.110. The van der Waals surface area contributed by atoms with Gasteiger partial charge in [0.1, 0.15) is 11.6 Å². The highest BCUT2D eigenvalue weighted by atomic mass is 35.5. The highest BCUT2D eigenvalue weighted by Gasteiger charge is 2.13. The second kappa shape index (κ2) is 7.32. The van der Waals surface area contributed by atoms with Gasteiger partial charge in [0.25, 0.3) is 5.91 Å². The van der Waals surface area contributed by atoms with E-state index in [1.807, 2.05) is 30.3 Å². The Morgan fingerprint density at radius 1 is 1.12 bits per heavy atom. The molecule has 6 heteroatoms. The van der Waals surface area contributed by atoms with Crippen molar-refractivity contribution >= 4 is 34.7 Å². The molecule has 2 aromatic carbocycles. The van der Waals surface area contributed by atoms with Gasteiger partial charge in [0, 0.05) is 24.6 Å². The molecule has 126 valence electrons. The lowest BCUT2D eigenvalue weighted by Gasteiger charge is -2.17. The maximum Gasteiger partial charge on any atom is 0.259 e. The van der Waals surface area contributed by atoms with Crippen LogP contribution in [0.1, 0.15) is 10.4 Å². The first kappa shape index (κ1) is 16.9. The second-order valence-corrected chi connectivity index (χ2v) is 5.79. The summed E-state index contributed by atoms with van der Waals surface area (Å²) in [5.41, 5.74) is 1.88. The number of carbonyl (C=O) groups excluding carboxylic acids is 1. The quantitative estimate of drug-likeness (QED) is 0.724. The normalized spacial score (nSPS) is 10.4. The van der Waals surface area contributed by atoms with Gasteiger partial charge in [-0.1, -0.05) is 29.8 Å². The van der Waals surface area contributed by atoms with Crippen LogP contribution in [0.5, 0.6) is 0 Å². The van der Waals surface area contributed by atoms with E-state index in [0.717, 1.165) is 5.69 Å². The van der Waals surface area contributed by atoms with Crippen LogP contribution < -0.4 is 10.2 Å². The van der Waals surface area contributed by atoms with Crippen LogP contribution in [0.25, 0.3) is 0 Å². The first-order valence-electron chi connectivity index (χ1n) is 7.56. The molecule has 0 aliphatic rings. The smallest absolute Gasteiger partial charge is 0.259 e. The van der Waals surface area contributed by atoms with Crippen molar-refractivity contribution < 1.29 is 9.18 Å². The first-order chi connectivity index (χ1) is 12.0. The van der Waals surface area contributed by atoms with Gasteiger partial charge in [-0.15, -0.1) is 0 Å². The zero-order valence-electron chi connectivity index (χ0n) is 13.4. The van der Waals surface area contributed by atoms with E-state index in [4.69, 9.17) is 11.6 Å². The zero-order valence-corrected chi connectivity index (χ0v) is 14.2. The van der Waals surface area contributed by atoms with E-state index in [0.29, 0.717) is 17.1 Å². The summed E-state index contributed by atoms with van der Waals surface area (Å²) in [7, 11) is 1.71. The Bertz CT molecular complexity index is 885. The molecule has 0 fully saturated rings. The number of aromatic nitrogens is 1. The summed E-state index contributed by atoms with van der Waals surface area (Å²) >= 11 is 5.75. The number of anilines is 3. The van der Waals surface area contributed by atoms with Crippen LogP contribution in [0.3, 0.4) is 0 Å². The molecule has 0 spiro atoms. The Morgan fingerprint density at radius 3 is 2.52 bits per heavy atom. The van der Waals surface area contributed by atoms with Gasteiger partial charge in [0.2, 0.25) is 0 Å². The van der Waals surface area contributed by atoms with Crippen LogP contribution in [0.15, 0.2) is 66.9 Å². The maximum atomic E-state index is 13.2.